The van der Waals surface area contributed by atoms with E-state index in [1.54, 1.807) is 62.4 Å². The standard InChI is InChI=1S/C22H28ClN3O4S/c1-5-19(22(28)24-3)25(14-17-10-12-18(23)13-11-17)21(27)15-26(31(4,29)30)20-9-7-6-8-16(20)2/h6-13,19H,5,14-15H2,1-4H3,(H,24,28)/t19-/m0/s1. The Balaban J connectivity index is 2.43. The zero-order chi connectivity index (χ0) is 23.2. The number of hydrogen-bond donors (Lipinski definition) is 1. The molecule has 2 amide bonds. The lowest BCUT2D eigenvalue weighted by molar-refractivity contribution is -0.140. The maximum Gasteiger partial charge on any atom is 0.244 e. The molecule has 0 saturated carbocycles. The molecule has 0 unspecified atom stereocenters. The predicted molar refractivity (Wildman–Crippen MR) is 124 cm³/mol. The first-order chi connectivity index (χ1) is 14.6. The Bertz CT molecular complexity index is 1030. The minimum absolute atomic E-state index is 0.146. The first kappa shape index (κ1) is 24.7. The molecule has 9 heteroatoms. The van der Waals surface area contributed by atoms with Crippen LogP contribution in [0, 0.1) is 6.92 Å². The zero-order valence-electron chi connectivity index (χ0n) is 18.1. The van der Waals surface area contributed by atoms with E-state index in [1.807, 2.05) is 0 Å². The van der Waals surface area contributed by atoms with Crippen molar-refractivity contribution in [3.63, 3.8) is 0 Å². The number of likely N-dealkylation sites (N-methyl/N-ethyl adjacent to an activating group) is 1. The van der Waals surface area contributed by atoms with E-state index in [2.05, 4.69) is 5.32 Å². The molecule has 0 radical (unpaired) electrons. The van der Waals surface area contributed by atoms with Crippen LogP contribution < -0.4 is 9.62 Å². The Labute approximate surface area is 189 Å². The Morgan fingerprint density at radius 3 is 2.23 bits per heavy atom. The third-order valence-electron chi connectivity index (χ3n) is 4.96. The number of nitrogens with one attached hydrogen (secondary N) is 1. The second-order valence-corrected chi connectivity index (χ2v) is 9.59. The number of sulfonamides is 1. The maximum absolute atomic E-state index is 13.4. The fourth-order valence-electron chi connectivity index (χ4n) is 3.31. The van der Waals surface area contributed by atoms with Crippen molar-refractivity contribution in [3.8, 4) is 0 Å². The SMILES string of the molecule is CC[C@@H](C(=O)NC)N(Cc1ccc(Cl)cc1)C(=O)CN(c1ccccc1C)S(C)(=O)=O. The summed E-state index contributed by atoms with van der Waals surface area (Å²) in [4.78, 5) is 27.3. The molecule has 168 valence electrons. The minimum atomic E-state index is -3.74. The molecule has 0 aromatic heterocycles. The molecule has 0 spiro atoms. The van der Waals surface area contributed by atoms with Crippen LogP contribution in [0.2, 0.25) is 5.02 Å². The first-order valence-electron chi connectivity index (χ1n) is 9.87. The number of aryl methyl sites for hydroxylation is 1. The highest BCUT2D eigenvalue weighted by atomic mass is 35.5. The van der Waals surface area contributed by atoms with Gasteiger partial charge >= 0.3 is 0 Å². The molecule has 0 aliphatic heterocycles. The van der Waals surface area contributed by atoms with Crippen LogP contribution in [0.15, 0.2) is 48.5 Å². The van der Waals surface area contributed by atoms with Gasteiger partial charge in [-0.15, -0.1) is 0 Å². The van der Waals surface area contributed by atoms with Crippen molar-refractivity contribution in [1.29, 1.82) is 0 Å². The summed E-state index contributed by atoms with van der Waals surface area (Å²) in [6, 6.07) is 13.2. The fourth-order valence-corrected chi connectivity index (χ4v) is 4.34. The molecule has 0 saturated heterocycles. The van der Waals surface area contributed by atoms with Gasteiger partial charge in [0.25, 0.3) is 0 Å². The van der Waals surface area contributed by atoms with Crippen LogP contribution in [0.4, 0.5) is 5.69 Å². The predicted octanol–water partition coefficient (Wildman–Crippen LogP) is 2.97. The van der Waals surface area contributed by atoms with Crippen LogP contribution in [-0.4, -0.2) is 51.0 Å². The number of halogens is 1. The third-order valence-corrected chi connectivity index (χ3v) is 6.34. The van der Waals surface area contributed by atoms with Crippen molar-refractivity contribution in [1.82, 2.24) is 10.2 Å². The number of nitrogens with zero attached hydrogens (tertiary/aromatic N) is 2. The lowest BCUT2D eigenvalue weighted by Crippen LogP contribution is -2.51. The van der Waals surface area contributed by atoms with Gasteiger partial charge in [0.15, 0.2) is 0 Å². The molecule has 1 N–H and O–H groups in total. The van der Waals surface area contributed by atoms with Gasteiger partial charge in [-0.1, -0.05) is 48.9 Å². The summed E-state index contributed by atoms with van der Waals surface area (Å²) < 4.78 is 26.1. The summed E-state index contributed by atoms with van der Waals surface area (Å²) in [6.07, 6.45) is 1.44. The Hall–Kier alpha value is -2.58. The van der Waals surface area contributed by atoms with Crippen LogP contribution in [0.1, 0.15) is 24.5 Å². The van der Waals surface area contributed by atoms with Crippen molar-refractivity contribution in [2.75, 3.05) is 24.2 Å². The van der Waals surface area contributed by atoms with E-state index in [1.165, 1.54) is 11.9 Å². The molecule has 2 aromatic rings. The smallest absolute Gasteiger partial charge is 0.244 e. The number of amides is 2. The highest BCUT2D eigenvalue weighted by Gasteiger charge is 2.31. The fraction of sp³-hybridized carbons (Fsp3) is 0.364. The molecular weight excluding hydrogens is 438 g/mol. The Morgan fingerprint density at radius 1 is 1.10 bits per heavy atom. The summed E-state index contributed by atoms with van der Waals surface area (Å²) >= 11 is 5.96. The van der Waals surface area contributed by atoms with Crippen molar-refractivity contribution in [2.24, 2.45) is 0 Å². The van der Waals surface area contributed by atoms with Crippen molar-refractivity contribution in [3.05, 3.63) is 64.7 Å². The zero-order valence-corrected chi connectivity index (χ0v) is 19.7. The maximum atomic E-state index is 13.4. The Kier molecular flexibility index (Phi) is 8.47. The van der Waals surface area contributed by atoms with E-state index in [-0.39, 0.29) is 12.5 Å². The Morgan fingerprint density at radius 2 is 1.71 bits per heavy atom. The number of carbonyl (C=O) groups excluding carboxylic acids is 2. The number of hydrogen-bond acceptors (Lipinski definition) is 4. The second kappa shape index (κ2) is 10.6. The van der Waals surface area contributed by atoms with Gasteiger partial charge in [-0.25, -0.2) is 8.42 Å². The van der Waals surface area contributed by atoms with Gasteiger partial charge in [0.2, 0.25) is 21.8 Å². The molecule has 0 aliphatic carbocycles. The van der Waals surface area contributed by atoms with Gasteiger partial charge < -0.3 is 10.2 Å². The van der Waals surface area contributed by atoms with Crippen molar-refractivity contribution >= 4 is 39.1 Å². The largest absolute Gasteiger partial charge is 0.357 e. The van der Waals surface area contributed by atoms with Gasteiger partial charge in [-0.2, -0.15) is 0 Å². The summed E-state index contributed by atoms with van der Waals surface area (Å²) in [5, 5.41) is 3.14. The van der Waals surface area contributed by atoms with E-state index in [0.29, 0.717) is 17.1 Å². The number of anilines is 1. The highest BCUT2D eigenvalue weighted by Crippen LogP contribution is 2.23. The van der Waals surface area contributed by atoms with Crippen LogP contribution in [0.5, 0.6) is 0 Å². The summed E-state index contributed by atoms with van der Waals surface area (Å²) in [5.74, 6) is -0.786. The monoisotopic (exact) mass is 465 g/mol. The van der Waals surface area contributed by atoms with Crippen LogP contribution in [-0.2, 0) is 26.2 Å². The first-order valence-corrected chi connectivity index (χ1v) is 12.1. The van der Waals surface area contributed by atoms with E-state index in [0.717, 1.165) is 21.7 Å². The number of rotatable bonds is 9. The highest BCUT2D eigenvalue weighted by molar-refractivity contribution is 7.92. The normalized spacial score (nSPS) is 12.2. The average Bonchev–Trinajstić information content (AvgIpc) is 2.72. The third kappa shape index (κ3) is 6.45. The van der Waals surface area contributed by atoms with Gasteiger partial charge in [-0.05, 0) is 42.7 Å². The number of benzene rings is 2. The van der Waals surface area contributed by atoms with E-state index < -0.39 is 28.5 Å². The quantitative estimate of drug-likeness (QED) is 0.616. The van der Waals surface area contributed by atoms with Crippen molar-refractivity contribution in [2.45, 2.75) is 32.9 Å². The minimum Gasteiger partial charge on any atom is -0.357 e. The summed E-state index contributed by atoms with van der Waals surface area (Å²) in [6.45, 7) is 3.32. The van der Waals surface area contributed by atoms with Crippen LogP contribution in [0.3, 0.4) is 0 Å². The van der Waals surface area contributed by atoms with Gasteiger partial charge in [0.1, 0.15) is 12.6 Å². The van der Waals surface area contributed by atoms with Crippen molar-refractivity contribution < 1.29 is 18.0 Å². The number of carbonyl (C=O) groups is 2. The molecule has 0 heterocycles. The molecule has 2 aromatic carbocycles. The van der Waals surface area contributed by atoms with Gasteiger partial charge in [0.05, 0.1) is 11.9 Å². The van der Waals surface area contributed by atoms with E-state index in [4.69, 9.17) is 11.6 Å². The van der Waals surface area contributed by atoms with Crippen LogP contribution in [0.25, 0.3) is 0 Å². The molecular formula is C22H28ClN3O4S. The lowest BCUT2D eigenvalue weighted by atomic mass is 10.1. The van der Waals surface area contributed by atoms with Crippen LogP contribution >= 0.6 is 11.6 Å². The van der Waals surface area contributed by atoms with Gasteiger partial charge in [-0.3, -0.25) is 13.9 Å². The molecule has 7 nitrogen and oxygen atoms in total. The summed E-state index contributed by atoms with van der Waals surface area (Å²) in [7, 11) is -2.23. The molecule has 2 rings (SSSR count). The average molecular weight is 466 g/mol. The molecule has 0 aliphatic rings. The number of para-hydroxylation sites is 1. The molecule has 0 fully saturated rings. The molecule has 31 heavy (non-hydrogen) atoms. The molecule has 0 bridgehead atoms. The van der Waals surface area contributed by atoms with E-state index in [9.17, 15) is 18.0 Å². The topological polar surface area (TPSA) is 86.8 Å². The lowest BCUT2D eigenvalue weighted by Gasteiger charge is -2.33. The second-order valence-electron chi connectivity index (χ2n) is 7.24. The van der Waals surface area contributed by atoms with E-state index >= 15 is 0 Å². The molecule has 1 atom stereocenters. The van der Waals surface area contributed by atoms with Gasteiger partial charge in [0, 0.05) is 18.6 Å². The summed E-state index contributed by atoms with van der Waals surface area (Å²) in [5.41, 5.74) is 1.93.